The van der Waals surface area contributed by atoms with Gasteiger partial charge in [0, 0.05) is 44.2 Å². The Hall–Kier alpha value is -2.31. The van der Waals surface area contributed by atoms with E-state index in [-0.39, 0.29) is 11.8 Å². The van der Waals surface area contributed by atoms with Crippen LogP contribution in [0.3, 0.4) is 0 Å². The quantitative estimate of drug-likeness (QED) is 0.586. The lowest BCUT2D eigenvalue weighted by molar-refractivity contribution is -0.118. The summed E-state index contributed by atoms with van der Waals surface area (Å²) in [7, 11) is 0. The van der Waals surface area contributed by atoms with Crippen molar-refractivity contribution in [1.29, 1.82) is 0 Å². The zero-order chi connectivity index (χ0) is 22.9. The minimum Gasteiger partial charge on any atom is -0.355 e. The van der Waals surface area contributed by atoms with Crippen molar-refractivity contribution in [2.75, 3.05) is 38.5 Å². The molecule has 0 bridgehead atoms. The summed E-state index contributed by atoms with van der Waals surface area (Å²) in [6.07, 6.45) is 6.34. The first-order valence-corrected chi connectivity index (χ1v) is 13.2. The Morgan fingerprint density at radius 1 is 0.879 bits per heavy atom. The van der Waals surface area contributed by atoms with Crippen LogP contribution in [0.2, 0.25) is 0 Å². The van der Waals surface area contributed by atoms with Crippen LogP contribution < -0.4 is 5.32 Å². The normalized spacial score (nSPS) is 17.6. The van der Waals surface area contributed by atoms with Gasteiger partial charge in [0.25, 0.3) is 5.91 Å². The molecule has 2 amide bonds. The second-order valence-corrected chi connectivity index (χ2v) is 10.2. The third kappa shape index (κ3) is 7.08. The fraction of sp³-hybridized carbons (Fsp3) is 0.481. The molecule has 2 aromatic rings. The van der Waals surface area contributed by atoms with Gasteiger partial charge in [-0.2, -0.15) is 0 Å². The molecule has 1 saturated carbocycles. The predicted molar refractivity (Wildman–Crippen MR) is 134 cm³/mol. The van der Waals surface area contributed by atoms with Gasteiger partial charge < -0.3 is 10.2 Å². The second-order valence-electron chi connectivity index (χ2n) is 9.15. The summed E-state index contributed by atoms with van der Waals surface area (Å²) in [4.78, 5) is 30.9. The molecule has 5 nitrogen and oxygen atoms in total. The van der Waals surface area contributed by atoms with Crippen molar-refractivity contribution < 1.29 is 9.59 Å². The number of piperazine rings is 1. The molecule has 4 rings (SSSR count). The number of hydrogen-bond acceptors (Lipinski definition) is 4. The van der Waals surface area contributed by atoms with E-state index in [1.54, 1.807) is 0 Å². The van der Waals surface area contributed by atoms with Crippen molar-refractivity contribution >= 4 is 23.6 Å². The van der Waals surface area contributed by atoms with Crippen LogP contribution in [0.5, 0.6) is 0 Å². The zero-order valence-corrected chi connectivity index (χ0v) is 20.2. The van der Waals surface area contributed by atoms with Crippen LogP contribution in [-0.2, 0) is 11.3 Å². The van der Waals surface area contributed by atoms with E-state index in [2.05, 4.69) is 34.5 Å². The summed E-state index contributed by atoms with van der Waals surface area (Å²) in [5.41, 5.74) is 2.01. The van der Waals surface area contributed by atoms with Crippen molar-refractivity contribution in [1.82, 2.24) is 15.1 Å². The molecule has 1 heterocycles. The first-order chi connectivity index (χ1) is 16.2. The number of carbonyl (C=O) groups excluding carboxylic acids is 2. The van der Waals surface area contributed by atoms with Gasteiger partial charge in [0.05, 0.1) is 11.3 Å². The molecule has 1 N–H and O–H groups in total. The van der Waals surface area contributed by atoms with E-state index in [1.807, 2.05) is 35.2 Å². The van der Waals surface area contributed by atoms with Crippen LogP contribution in [0.15, 0.2) is 59.5 Å². The zero-order valence-electron chi connectivity index (χ0n) is 19.4. The lowest BCUT2D eigenvalue weighted by atomic mass is 9.89. The van der Waals surface area contributed by atoms with Crippen LogP contribution >= 0.6 is 11.8 Å². The first kappa shape index (κ1) is 23.8. The fourth-order valence-electron chi connectivity index (χ4n) is 4.73. The van der Waals surface area contributed by atoms with E-state index in [0.29, 0.717) is 17.2 Å². The van der Waals surface area contributed by atoms with E-state index in [1.165, 1.54) is 49.4 Å². The maximum Gasteiger partial charge on any atom is 0.255 e. The largest absolute Gasteiger partial charge is 0.355 e. The molecule has 1 saturated heterocycles. The van der Waals surface area contributed by atoms with Crippen LogP contribution in [0.1, 0.15) is 48.0 Å². The van der Waals surface area contributed by atoms with Gasteiger partial charge in [0.15, 0.2) is 0 Å². The molecule has 0 atom stereocenters. The molecule has 33 heavy (non-hydrogen) atoms. The SMILES string of the molecule is O=C(CSc1ccccc1C(=O)N1CCN(Cc2ccccc2)CC1)NCC1CCCCC1. The Morgan fingerprint density at radius 2 is 1.58 bits per heavy atom. The summed E-state index contributed by atoms with van der Waals surface area (Å²) in [5.74, 6) is 1.10. The monoisotopic (exact) mass is 465 g/mol. The molecule has 1 aliphatic heterocycles. The smallest absolute Gasteiger partial charge is 0.255 e. The van der Waals surface area contributed by atoms with Gasteiger partial charge in [-0.1, -0.05) is 61.7 Å². The minimum atomic E-state index is 0.0577. The molecule has 0 unspecified atom stereocenters. The summed E-state index contributed by atoms with van der Waals surface area (Å²) < 4.78 is 0. The van der Waals surface area contributed by atoms with Crippen molar-refractivity contribution in [3.8, 4) is 0 Å². The van der Waals surface area contributed by atoms with Gasteiger partial charge in [-0.25, -0.2) is 0 Å². The van der Waals surface area contributed by atoms with Crippen molar-refractivity contribution in [3.05, 3.63) is 65.7 Å². The van der Waals surface area contributed by atoms with Crippen LogP contribution in [0.25, 0.3) is 0 Å². The topological polar surface area (TPSA) is 52.7 Å². The molecular formula is C27H35N3O2S. The summed E-state index contributed by atoms with van der Waals surface area (Å²) in [6.45, 7) is 4.91. The maximum atomic E-state index is 13.3. The van der Waals surface area contributed by atoms with E-state index in [4.69, 9.17) is 0 Å². The Balaban J connectivity index is 1.26. The third-order valence-electron chi connectivity index (χ3n) is 6.70. The van der Waals surface area contributed by atoms with Gasteiger partial charge in [0.2, 0.25) is 5.91 Å². The van der Waals surface area contributed by atoms with E-state index in [0.717, 1.165) is 44.2 Å². The lowest BCUT2D eigenvalue weighted by Crippen LogP contribution is -2.48. The number of nitrogens with zero attached hydrogens (tertiary/aromatic N) is 2. The van der Waals surface area contributed by atoms with E-state index < -0.39 is 0 Å². The lowest BCUT2D eigenvalue weighted by Gasteiger charge is -2.35. The Labute approximate surface area is 201 Å². The molecule has 1 aliphatic carbocycles. The van der Waals surface area contributed by atoms with Crippen molar-refractivity contribution in [2.24, 2.45) is 5.92 Å². The number of carbonyl (C=O) groups is 2. The van der Waals surface area contributed by atoms with E-state index in [9.17, 15) is 9.59 Å². The second kappa shape index (κ2) is 12.2. The van der Waals surface area contributed by atoms with Gasteiger partial charge in [0.1, 0.15) is 0 Å². The van der Waals surface area contributed by atoms with Crippen molar-refractivity contribution in [2.45, 2.75) is 43.5 Å². The first-order valence-electron chi connectivity index (χ1n) is 12.2. The molecule has 6 heteroatoms. The Bertz CT molecular complexity index is 907. The molecule has 2 aromatic carbocycles. The van der Waals surface area contributed by atoms with Crippen LogP contribution in [0.4, 0.5) is 0 Å². The number of nitrogens with one attached hydrogen (secondary N) is 1. The van der Waals surface area contributed by atoms with Crippen molar-refractivity contribution in [3.63, 3.8) is 0 Å². The minimum absolute atomic E-state index is 0.0577. The highest BCUT2D eigenvalue weighted by molar-refractivity contribution is 8.00. The third-order valence-corrected chi connectivity index (χ3v) is 7.77. The Morgan fingerprint density at radius 3 is 2.33 bits per heavy atom. The van der Waals surface area contributed by atoms with Crippen LogP contribution in [0, 0.1) is 5.92 Å². The van der Waals surface area contributed by atoms with Gasteiger partial charge in [-0.05, 0) is 36.5 Å². The number of thioether (sulfide) groups is 1. The molecular weight excluding hydrogens is 430 g/mol. The molecule has 2 aliphatic rings. The van der Waals surface area contributed by atoms with Gasteiger partial charge >= 0.3 is 0 Å². The summed E-state index contributed by atoms with van der Waals surface area (Å²) >= 11 is 1.47. The predicted octanol–water partition coefficient (Wildman–Crippen LogP) is 4.43. The molecule has 0 radical (unpaired) electrons. The van der Waals surface area contributed by atoms with Crippen LogP contribution in [-0.4, -0.2) is 60.1 Å². The number of hydrogen-bond donors (Lipinski definition) is 1. The number of rotatable bonds is 8. The fourth-order valence-corrected chi connectivity index (χ4v) is 5.61. The average molecular weight is 466 g/mol. The molecule has 0 aromatic heterocycles. The molecule has 0 spiro atoms. The maximum absolute atomic E-state index is 13.3. The van der Waals surface area contributed by atoms with Gasteiger partial charge in [-0.3, -0.25) is 14.5 Å². The molecule has 176 valence electrons. The number of benzene rings is 2. The average Bonchev–Trinajstić information content (AvgIpc) is 2.88. The summed E-state index contributed by atoms with van der Waals surface area (Å²) in [5, 5.41) is 3.10. The molecule has 2 fully saturated rings. The Kier molecular flexibility index (Phi) is 8.84. The highest BCUT2D eigenvalue weighted by Crippen LogP contribution is 2.25. The summed E-state index contributed by atoms with van der Waals surface area (Å²) in [6, 6.07) is 18.2. The van der Waals surface area contributed by atoms with Gasteiger partial charge in [-0.15, -0.1) is 11.8 Å². The highest BCUT2D eigenvalue weighted by atomic mass is 32.2. The standard InChI is InChI=1S/C27H35N3O2S/c31-26(28-19-22-9-3-1-4-10-22)21-33-25-14-8-7-13-24(25)27(32)30-17-15-29(16-18-30)20-23-11-5-2-6-12-23/h2,5-8,11-14,22H,1,3-4,9-10,15-21H2,(H,28,31). The van der Waals surface area contributed by atoms with E-state index >= 15 is 0 Å². The highest BCUT2D eigenvalue weighted by Gasteiger charge is 2.24. The number of amides is 2.